The molecule has 1 aliphatic heterocycles. The molecule has 1 aromatic carbocycles. The molecule has 0 spiro atoms. The van der Waals surface area contributed by atoms with Crippen LogP contribution in [0.3, 0.4) is 0 Å². The fraction of sp³-hybridized carbons (Fsp3) is 0.538. The van der Waals surface area contributed by atoms with Gasteiger partial charge in [0.2, 0.25) is 0 Å². The molecule has 0 bridgehead atoms. The van der Waals surface area contributed by atoms with Gasteiger partial charge in [-0.15, -0.1) is 11.8 Å². The topological polar surface area (TPSA) is 33.3 Å². The van der Waals surface area contributed by atoms with E-state index in [0.29, 0.717) is 0 Å². The van der Waals surface area contributed by atoms with Crippen LogP contribution in [0, 0.1) is 0 Å². The number of benzene rings is 1. The van der Waals surface area contributed by atoms with Crippen LogP contribution in [-0.4, -0.2) is 39.1 Å². The van der Waals surface area contributed by atoms with Crippen LogP contribution in [0.2, 0.25) is 0 Å². The van der Waals surface area contributed by atoms with Crippen molar-refractivity contribution in [1.82, 2.24) is 10.6 Å². The first-order valence-corrected chi connectivity index (χ1v) is 7.21. The van der Waals surface area contributed by atoms with E-state index < -0.39 is 0 Å². The molecule has 2 rings (SSSR count). The van der Waals surface area contributed by atoms with E-state index in [0.717, 1.165) is 19.7 Å². The molecule has 0 aliphatic carbocycles. The number of hydrogen-bond donors (Lipinski definition) is 2. The molecule has 1 heterocycles. The monoisotopic (exact) mass is 252 g/mol. The van der Waals surface area contributed by atoms with Crippen LogP contribution in [0.5, 0.6) is 0 Å². The van der Waals surface area contributed by atoms with Gasteiger partial charge in [-0.25, -0.2) is 0 Å². The van der Waals surface area contributed by atoms with Crippen LogP contribution >= 0.6 is 11.8 Å². The average Bonchev–Trinajstić information content (AvgIpc) is 2.42. The normalized spacial score (nSPS) is 22.4. The number of likely N-dealkylation sites (N-methyl/N-ethyl adjacent to an activating group) is 1. The predicted molar refractivity (Wildman–Crippen MR) is 72.6 cm³/mol. The minimum absolute atomic E-state index is 0.217. The molecule has 17 heavy (non-hydrogen) atoms. The van der Waals surface area contributed by atoms with Crippen molar-refractivity contribution in [3.63, 3.8) is 0 Å². The van der Waals surface area contributed by atoms with Crippen molar-refractivity contribution in [2.45, 2.75) is 17.0 Å². The molecule has 2 unspecified atom stereocenters. The summed E-state index contributed by atoms with van der Waals surface area (Å²) in [4.78, 5) is 1.30. The third kappa shape index (κ3) is 3.22. The lowest BCUT2D eigenvalue weighted by Crippen LogP contribution is -2.45. The smallest absolute Gasteiger partial charge is 0.0894 e. The fourth-order valence-corrected chi connectivity index (χ4v) is 2.59. The summed E-state index contributed by atoms with van der Waals surface area (Å²) in [6, 6.07) is 8.97. The Bertz CT molecular complexity index is 336. The van der Waals surface area contributed by atoms with Crippen LogP contribution in [0.15, 0.2) is 29.2 Å². The maximum absolute atomic E-state index is 5.81. The molecule has 0 aromatic heterocycles. The van der Waals surface area contributed by atoms with E-state index in [9.17, 15) is 0 Å². The Hall–Kier alpha value is -0.550. The molecule has 2 atom stereocenters. The van der Waals surface area contributed by atoms with Gasteiger partial charge in [-0.2, -0.15) is 0 Å². The first kappa shape index (κ1) is 12.9. The zero-order chi connectivity index (χ0) is 12.1. The lowest BCUT2D eigenvalue weighted by Gasteiger charge is -2.31. The first-order chi connectivity index (χ1) is 8.35. The quantitative estimate of drug-likeness (QED) is 0.799. The van der Waals surface area contributed by atoms with Crippen molar-refractivity contribution in [3.05, 3.63) is 29.8 Å². The summed E-state index contributed by atoms with van der Waals surface area (Å²) in [5.74, 6) is 0. The highest BCUT2D eigenvalue weighted by molar-refractivity contribution is 7.98. The largest absolute Gasteiger partial charge is 0.374 e. The molecular formula is C13H20N2OS. The van der Waals surface area contributed by atoms with Crippen LogP contribution in [0.25, 0.3) is 0 Å². The number of ether oxygens (including phenoxy) is 1. The second-order valence-electron chi connectivity index (χ2n) is 4.15. The number of thioether (sulfide) groups is 1. The predicted octanol–water partition coefficient (Wildman–Crippen LogP) is 1.66. The first-order valence-electron chi connectivity index (χ1n) is 5.98. The maximum atomic E-state index is 5.81. The summed E-state index contributed by atoms with van der Waals surface area (Å²) in [6.45, 7) is 2.67. The Labute approximate surface area is 107 Å². The summed E-state index contributed by atoms with van der Waals surface area (Å²) in [5.41, 5.74) is 1.29. The van der Waals surface area contributed by atoms with Gasteiger partial charge in [0.15, 0.2) is 0 Å². The Kier molecular flexibility index (Phi) is 4.86. The second-order valence-corrected chi connectivity index (χ2v) is 5.03. The van der Waals surface area contributed by atoms with Crippen molar-refractivity contribution in [3.8, 4) is 0 Å². The molecule has 1 aromatic rings. The van der Waals surface area contributed by atoms with E-state index in [4.69, 9.17) is 4.74 Å². The minimum Gasteiger partial charge on any atom is -0.374 e. The third-order valence-corrected chi connectivity index (χ3v) is 3.86. The Balaban J connectivity index is 2.10. The zero-order valence-corrected chi connectivity index (χ0v) is 11.2. The van der Waals surface area contributed by atoms with Gasteiger partial charge in [0.25, 0.3) is 0 Å². The van der Waals surface area contributed by atoms with Gasteiger partial charge < -0.3 is 15.4 Å². The highest BCUT2D eigenvalue weighted by atomic mass is 32.2. The maximum Gasteiger partial charge on any atom is 0.0894 e. The van der Waals surface area contributed by atoms with Gasteiger partial charge in [0.05, 0.1) is 18.8 Å². The molecule has 0 radical (unpaired) electrons. The third-order valence-electron chi connectivity index (χ3n) is 3.11. The minimum atomic E-state index is 0.217. The molecule has 0 amide bonds. The average molecular weight is 252 g/mol. The Morgan fingerprint density at radius 1 is 1.41 bits per heavy atom. The summed E-state index contributed by atoms with van der Waals surface area (Å²) in [6.07, 6.45) is 2.31. The summed E-state index contributed by atoms with van der Waals surface area (Å²) >= 11 is 1.77. The molecule has 94 valence electrons. The molecule has 1 aliphatic rings. The Morgan fingerprint density at radius 2 is 2.18 bits per heavy atom. The van der Waals surface area contributed by atoms with Gasteiger partial charge >= 0.3 is 0 Å². The lowest BCUT2D eigenvalue weighted by atomic mass is 10.0. The lowest BCUT2D eigenvalue weighted by molar-refractivity contribution is 0.00537. The SMILES string of the molecule is CNC(c1ccc(SC)cc1)C1CNCCO1. The van der Waals surface area contributed by atoms with Crippen LogP contribution in [0.4, 0.5) is 0 Å². The Morgan fingerprint density at radius 3 is 2.71 bits per heavy atom. The second kappa shape index (κ2) is 6.40. The van der Waals surface area contributed by atoms with Crippen LogP contribution < -0.4 is 10.6 Å². The van der Waals surface area contributed by atoms with E-state index in [1.807, 2.05) is 7.05 Å². The molecule has 1 saturated heterocycles. The summed E-state index contributed by atoms with van der Waals surface area (Å²) < 4.78 is 5.81. The van der Waals surface area contributed by atoms with Crippen molar-refractivity contribution >= 4 is 11.8 Å². The summed E-state index contributed by atoms with van der Waals surface area (Å²) in [5, 5.41) is 6.73. The van der Waals surface area contributed by atoms with Gasteiger partial charge in [-0.05, 0) is 31.0 Å². The van der Waals surface area contributed by atoms with E-state index in [1.165, 1.54) is 10.5 Å². The molecule has 1 fully saturated rings. The molecule has 4 heteroatoms. The van der Waals surface area contributed by atoms with Crippen molar-refractivity contribution in [2.75, 3.05) is 33.0 Å². The van der Waals surface area contributed by atoms with Gasteiger partial charge in [0.1, 0.15) is 0 Å². The van der Waals surface area contributed by atoms with E-state index in [1.54, 1.807) is 11.8 Å². The molecule has 2 N–H and O–H groups in total. The standard InChI is InChI=1S/C13H20N2OS/c1-14-13(12-9-15-7-8-16-12)10-3-5-11(17-2)6-4-10/h3-6,12-15H,7-9H2,1-2H3. The fourth-order valence-electron chi connectivity index (χ4n) is 2.18. The number of rotatable bonds is 4. The molecular weight excluding hydrogens is 232 g/mol. The van der Waals surface area contributed by atoms with Crippen molar-refractivity contribution in [1.29, 1.82) is 0 Å². The van der Waals surface area contributed by atoms with E-state index >= 15 is 0 Å². The molecule has 0 saturated carbocycles. The van der Waals surface area contributed by atoms with Gasteiger partial charge in [-0.3, -0.25) is 0 Å². The zero-order valence-electron chi connectivity index (χ0n) is 10.4. The van der Waals surface area contributed by atoms with Gasteiger partial charge in [0, 0.05) is 18.0 Å². The van der Waals surface area contributed by atoms with Crippen molar-refractivity contribution < 1.29 is 4.74 Å². The highest BCUT2D eigenvalue weighted by Crippen LogP contribution is 2.23. The van der Waals surface area contributed by atoms with E-state index in [-0.39, 0.29) is 12.1 Å². The summed E-state index contributed by atoms with van der Waals surface area (Å²) in [7, 11) is 1.99. The number of morpholine rings is 1. The van der Waals surface area contributed by atoms with E-state index in [2.05, 4.69) is 41.2 Å². The number of hydrogen-bond acceptors (Lipinski definition) is 4. The molecule has 3 nitrogen and oxygen atoms in total. The highest BCUT2D eigenvalue weighted by Gasteiger charge is 2.24. The van der Waals surface area contributed by atoms with Crippen LogP contribution in [0.1, 0.15) is 11.6 Å². The van der Waals surface area contributed by atoms with Gasteiger partial charge in [-0.1, -0.05) is 12.1 Å². The van der Waals surface area contributed by atoms with Crippen LogP contribution in [-0.2, 0) is 4.74 Å². The van der Waals surface area contributed by atoms with Crippen molar-refractivity contribution in [2.24, 2.45) is 0 Å². The number of nitrogens with one attached hydrogen (secondary N) is 2.